The molecule has 7 heteroatoms. The molecule has 1 amide bonds. The Morgan fingerprint density at radius 1 is 1.30 bits per heavy atom. The Balaban J connectivity index is 2.14. The summed E-state index contributed by atoms with van der Waals surface area (Å²) in [6, 6.07) is 6.10. The molecule has 104 valence electrons. The van der Waals surface area contributed by atoms with Crippen molar-refractivity contribution in [3.63, 3.8) is 0 Å². The van der Waals surface area contributed by atoms with E-state index in [1.807, 2.05) is 0 Å². The molecule has 2 rings (SSSR count). The summed E-state index contributed by atoms with van der Waals surface area (Å²) in [5.74, 6) is -2.32. The Hall–Kier alpha value is -1.79. The average Bonchev–Trinajstić information content (AvgIpc) is 2.85. The summed E-state index contributed by atoms with van der Waals surface area (Å²) in [6.45, 7) is 1.67. The first-order valence-corrected chi connectivity index (χ1v) is 6.72. The highest BCUT2D eigenvalue weighted by Crippen LogP contribution is 2.21. The first kappa shape index (κ1) is 14.6. The fourth-order valence-electron chi connectivity index (χ4n) is 1.43. The first-order chi connectivity index (χ1) is 9.47. The number of carbonyl (C=O) groups excluding carboxylic acids is 1. The summed E-state index contributed by atoms with van der Waals surface area (Å²) in [5.41, 5.74) is 2.30. The standard InChI is InChI=1S/C13H9ClF2N2OS/c1-7(11-4-5-12(14)20-11)17-18-13(19)9-6-8(15)2-3-10(9)16/h2-6H,1H3,(H,18,19). The second kappa shape index (κ2) is 6.11. The third-order valence-electron chi connectivity index (χ3n) is 2.43. The number of hydrazone groups is 1. The van der Waals surface area contributed by atoms with E-state index in [4.69, 9.17) is 11.6 Å². The Kier molecular flexibility index (Phi) is 4.46. The van der Waals surface area contributed by atoms with Crippen molar-refractivity contribution in [1.29, 1.82) is 0 Å². The molecule has 0 aliphatic heterocycles. The normalized spacial score (nSPS) is 11.5. The zero-order chi connectivity index (χ0) is 14.7. The molecule has 0 aliphatic rings. The third-order valence-corrected chi connectivity index (χ3v) is 3.77. The number of thiophene rings is 1. The van der Waals surface area contributed by atoms with E-state index in [0.717, 1.165) is 23.1 Å². The highest BCUT2D eigenvalue weighted by molar-refractivity contribution is 7.18. The van der Waals surface area contributed by atoms with Crippen LogP contribution in [0.25, 0.3) is 0 Å². The lowest BCUT2D eigenvalue weighted by Crippen LogP contribution is -2.20. The second-order valence-corrected chi connectivity index (χ2v) is 5.58. The molecule has 1 aromatic carbocycles. The third kappa shape index (κ3) is 3.40. The molecule has 0 spiro atoms. The molecule has 0 radical (unpaired) electrons. The molecule has 0 saturated heterocycles. The zero-order valence-electron chi connectivity index (χ0n) is 10.3. The molecule has 2 aromatic rings. The van der Waals surface area contributed by atoms with Gasteiger partial charge in [-0.3, -0.25) is 4.79 Å². The van der Waals surface area contributed by atoms with E-state index in [2.05, 4.69) is 10.5 Å². The SMILES string of the molecule is CC(=NNC(=O)c1cc(F)ccc1F)c1ccc(Cl)s1. The van der Waals surface area contributed by atoms with E-state index in [9.17, 15) is 13.6 Å². The zero-order valence-corrected chi connectivity index (χ0v) is 11.9. The second-order valence-electron chi connectivity index (χ2n) is 3.87. The lowest BCUT2D eigenvalue weighted by atomic mass is 10.2. The molecule has 20 heavy (non-hydrogen) atoms. The molecule has 1 heterocycles. The van der Waals surface area contributed by atoms with Gasteiger partial charge in [0.15, 0.2) is 0 Å². The number of carbonyl (C=O) groups is 1. The van der Waals surface area contributed by atoms with Gasteiger partial charge < -0.3 is 0 Å². The quantitative estimate of drug-likeness (QED) is 0.679. The van der Waals surface area contributed by atoms with Crippen LogP contribution >= 0.6 is 22.9 Å². The lowest BCUT2D eigenvalue weighted by molar-refractivity contribution is 0.0950. The van der Waals surface area contributed by atoms with E-state index in [0.29, 0.717) is 10.0 Å². The minimum Gasteiger partial charge on any atom is -0.267 e. The van der Waals surface area contributed by atoms with Gasteiger partial charge in [-0.05, 0) is 37.3 Å². The number of halogens is 3. The molecule has 3 nitrogen and oxygen atoms in total. The maximum atomic E-state index is 13.4. The van der Waals surface area contributed by atoms with Crippen molar-refractivity contribution < 1.29 is 13.6 Å². The van der Waals surface area contributed by atoms with Crippen molar-refractivity contribution in [2.24, 2.45) is 5.10 Å². The van der Waals surface area contributed by atoms with E-state index < -0.39 is 23.1 Å². The van der Waals surface area contributed by atoms with Crippen molar-refractivity contribution in [3.05, 3.63) is 56.7 Å². The summed E-state index contributed by atoms with van der Waals surface area (Å²) >= 11 is 7.08. The van der Waals surface area contributed by atoms with Crippen LogP contribution < -0.4 is 5.43 Å². The molecule has 0 unspecified atom stereocenters. The number of nitrogens with zero attached hydrogens (tertiary/aromatic N) is 1. The molecule has 0 atom stereocenters. The minimum absolute atomic E-state index is 0.397. The summed E-state index contributed by atoms with van der Waals surface area (Å²) in [6.07, 6.45) is 0. The van der Waals surface area contributed by atoms with Gasteiger partial charge in [-0.15, -0.1) is 11.3 Å². The van der Waals surface area contributed by atoms with Gasteiger partial charge in [-0.25, -0.2) is 14.2 Å². The van der Waals surface area contributed by atoms with Crippen LogP contribution in [-0.4, -0.2) is 11.6 Å². The number of hydrogen-bond acceptors (Lipinski definition) is 3. The molecule has 1 N–H and O–H groups in total. The van der Waals surface area contributed by atoms with Crippen LogP contribution in [0.15, 0.2) is 35.4 Å². The predicted molar refractivity (Wildman–Crippen MR) is 75.4 cm³/mol. The van der Waals surface area contributed by atoms with E-state index in [-0.39, 0.29) is 0 Å². The van der Waals surface area contributed by atoms with Crippen LogP contribution in [0, 0.1) is 11.6 Å². The van der Waals surface area contributed by atoms with Gasteiger partial charge >= 0.3 is 0 Å². The summed E-state index contributed by atoms with van der Waals surface area (Å²) < 4.78 is 27.0. The molecule has 0 fully saturated rings. The van der Waals surface area contributed by atoms with Gasteiger partial charge in [0.2, 0.25) is 0 Å². The maximum Gasteiger partial charge on any atom is 0.274 e. The summed E-state index contributed by atoms with van der Waals surface area (Å²) in [4.78, 5) is 12.5. The number of amides is 1. The number of benzene rings is 1. The van der Waals surface area contributed by atoms with Gasteiger partial charge in [0, 0.05) is 0 Å². The van der Waals surface area contributed by atoms with Crippen molar-refractivity contribution in [1.82, 2.24) is 5.43 Å². The predicted octanol–water partition coefficient (Wildman–Crippen LogP) is 3.83. The van der Waals surface area contributed by atoms with Gasteiger partial charge in [0.25, 0.3) is 5.91 Å². The number of rotatable bonds is 3. The highest BCUT2D eigenvalue weighted by Gasteiger charge is 2.12. The van der Waals surface area contributed by atoms with E-state index in [1.165, 1.54) is 11.3 Å². The largest absolute Gasteiger partial charge is 0.274 e. The van der Waals surface area contributed by atoms with Crippen LogP contribution in [0.4, 0.5) is 8.78 Å². The van der Waals surface area contributed by atoms with Crippen molar-refractivity contribution in [2.75, 3.05) is 0 Å². The van der Waals surface area contributed by atoms with Gasteiger partial charge in [-0.1, -0.05) is 11.6 Å². The Bertz CT molecular complexity index is 685. The lowest BCUT2D eigenvalue weighted by Gasteiger charge is -2.03. The molecule has 0 aliphatic carbocycles. The number of nitrogens with one attached hydrogen (secondary N) is 1. The number of hydrogen-bond donors (Lipinski definition) is 1. The molecule has 1 aromatic heterocycles. The topological polar surface area (TPSA) is 41.5 Å². The van der Waals surface area contributed by atoms with Gasteiger partial charge in [0.05, 0.1) is 20.5 Å². The van der Waals surface area contributed by atoms with Crippen LogP contribution in [0.1, 0.15) is 22.2 Å². The fraction of sp³-hybridized carbons (Fsp3) is 0.0769. The Labute approximate surface area is 122 Å². The summed E-state index contributed by atoms with van der Waals surface area (Å²) in [7, 11) is 0. The first-order valence-electron chi connectivity index (χ1n) is 5.53. The van der Waals surface area contributed by atoms with E-state index in [1.54, 1.807) is 19.1 Å². The van der Waals surface area contributed by atoms with Crippen molar-refractivity contribution >= 4 is 34.6 Å². The van der Waals surface area contributed by atoms with Crippen LogP contribution in [-0.2, 0) is 0 Å². The fourth-order valence-corrected chi connectivity index (χ4v) is 2.42. The molecule has 0 saturated carbocycles. The smallest absolute Gasteiger partial charge is 0.267 e. The van der Waals surface area contributed by atoms with Gasteiger partial charge in [-0.2, -0.15) is 5.10 Å². The van der Waals surface area contributed by atoms with Gasteiger partial charge in [0.1, 0.15) is 11.6 Å². The maximum absolute atomic E-state index is 13.4. The van der Waals surface area contributed by atoms with Crippen LogP contribution in [0.3, 0.4) is 0 Å². The average molecular weight is 315 g/mol. The Morgan fingerprint density at radius 2 is 2.05 bits per heavy atom. The minimum atomic E-state index is -0.816. The molecular formula is C13H9ClF2N2OS. The Morgan fingerprint density at radius 3 is 2.70 bits per heavy atom. The molecule has 0 bridgehead atoms. The molecular weight excluding hydrogens is 306 g/mol. The summed E-state index contributed by atoms with van der Waals surface area (Å²) in [5, 5.41) is 3.83. The van der Waals surface area contributed by atoms with Crippen LogP contribution in [0.2, 0.25) is 4.34 Å². The van der Waals surface area contributed by atoms with E-state index >= 15 is 0 Å². The van der Waals surface area contributed by atoms with Crippen LogP contribution in [0.5, 0.6) is 0 Å². The highest BCUT2D eigenvalue weighted by atomic mass is 35.5. The monoisotopic (exact) mass is 314 g/mol. The van der Waals surface area contributed by atoms with Crippen molar-refractivity contribution in [2.45, 2.75) is 6.92 Å². The van der Waals surface area contributed by atoms with Crippen molar-refractivity contribution in [3.8, 4) is 0 Å².